The number of nitrogens with zero attached hydrogens (tertiary/aromatic N) is 3. The number of ether oxygens (including phenoxy) is 1. The second kappa shape index (κ2) is 9.54. The number of anilines is 2. The smallest absolute Gasteiger partial charge is 0.278 e. The quantitative estimate of drug-likeness (QED) is 0.676. The molecule has 2 heterocycles. The van der Waals surface area contributed by atoms with Crippen LogP contribution in [0, 0.1) is 6.92 Å². The normalized spacial score (nSPS) is 17.5. The minimum atomic E-state index is -0.328. The third-order valence-electron chi connectivity index (χ3n) is 6.03. The number of rotatable bonds is 7. The lowest BCUT2D eigenvalue weighted by Gasteiger charge is -2.34. The third-order valence-corrected chi connectivity index (χ3v) is 6.03. The molecule has 2 aromatic rings. The summed E-state index contributed by atoms with van der Waals surface area (Å²) in [4.78, 5) is 32.2. The fourth-order valence-corrected chi connectivity index (χ4v) is 4.03. The molecule has 0 atom stereocenters. The highest BCUT2D eigenvalue weighted by Gasteiger charge is 2.38. The molecule has 32 heavy (non-hydrogen) atoms. The van der Waals surface area contributed by atoms with Gasteiger partial charge in [-0.05, 0) is 43.8 Å². The zero-order valence-corrected chi connectivity index (χ0v) is 18.9. The Morgan fingerprint density at radius 3 is 2.19 bits per heavy atom. The van der Waals surface area contributed by atoms with Crippen LogP contribution >= 0.6 is 0 Å². The number of benzene rings is 2. The van der Waals surface area contributed by atoms with Crippen LogP contribution in [0.5, 0.6) is 0 Å². The Kier molecular flexibility index (Phi) is 6.58. The summed E-state index contributed by atoms with van der Waals surface area (Å²) in [5.41, 5.74) is 4.46. The van der Waals surface area contributed by atoms with E-state index in [1.807, 2.05) is 43.3 Å². The Balaban J connectivity index is 1.60. The van der Waals surface area contributed by atoms with Crippen molar-refractivity contribution in [3.8, 4) is 0 Å². The molecule has 7 nitrogen and oxygen atoms in total. The molecule has 1 fully saturated rings. The van der Waals surface area contributed by atoms with Gasteiger partial charge in [-0.15, -0.1) is 0 Å². The highest BCUT2D eigenvalue weighted by molar-refractivity contribution is 6.36. The van der Waals surface area contributed by atoms with Crippen molar-refractivity contribution in [1.82, 2.24) is 9.80 Å². The Bertz CT molecular complexity index is 1010. The molecule has 1 N–H and O–H groups in total. The van der Waals surface area contributed by atoms with E-state index in [0.717, 1.165) is 48.7 Å². The number of hydrogen-bond acceptors (Lipinski definition) is 6. The van der Waals surface area contributed by atoms with Gasteiger partial charge < -0.3 is 19.9 Å². The van der Waals surface area contributed by atoms with Gasteiger partial charge in [0.15, 0.2) is 0 Å². The molecule has 168 valence electrons. The van der Waals surface area contributed by atoms with Crippen molar-refractivity contribution >= 4 is 28.8 Å². The molecule has 2 aliphatic rings. The molecule has 2 amide bonds. The molecular formula is C25H30N4O3. The average Bonchev–Trinajstić information content (AvgIpc) is 3.03. The first-order valence-electron chi connectivity index (χ1n) is 10.9. The van der Waals surface area contributed by atoms with Crippen LogP contribution in [0.25, 0.3) is 5.57 Å². The summed E-state index contributed by atoms with van der Waals surface area (Å²) in [5, 5.41) is 3.23. The molecule has 0 aliphatic carbocycles. The first-order chi connectivity index (χ1) is 15.5. The van der Waals surface area contributed by atoms with E-state index in [2.05, 4.69) is 34.3 Å². The van der Waals surface area contributed by atoms with Gasteiger partial charge in [0.2, 0.25) is 0 Å². The van der Waals surface area contributed by atoms with E-state index in [0.29, 0.717) is 17.9 Å². The van der Waals surface area contributed by atoms with Gasteiger partial charge in [-0.2, -0.15) is 0 Å². The number of carbonyl (C=O) groups excluding carboxylic acids is 2. The summed E-state index contributed by atoms with van der Waals surface area (Å²) in [6, 6.07) is 15.7. The number of methoxy groups -OCH3 is 1. The van der Waals surface area contributed by atoms with Gasteiger partial charge in [-0.1, -0.05) is 29.8 Å². The van der Waals surface area contributed by atoms with Crippen molar-refractivity contribution in [3.63, 3.8) is 0 Å². The molecule has 7 heteroatoms. The predicted octanol–water partition coefficient (Wildman–Crippen LogP) is 2.59. The number of nitrogens with one attached hydrogen (secondary N) is 1. The predicted molar refractivity (Wildman–Crippen MR) is 126 cm³/mol. The Morgan fingerprint density at radius 2 is 1.56 bits per heavy atom. The van der Waals surface area contributed by atoms with Crippen LogP contribution in [0.15, 0.2) is 54.2 Å². The molecule has 1 saturated heterocycles. The first kappa shape index (κ1) is 22.0. The number of likely N-dealkylation sites (N-methyl/N-ethyl adjacent to an activating group) is 1. The van der Waals surface area contributed by atoms with Crippen molar-refractivity contribution in [2.24, 2.45) is 0 Å². The number of hydrogen-bond donors (Lipinski definition) is 1. The second-order valence-corrected chi connectivity index (χ2v) is 8.33. The minimum absolute atomic E-state index is 0.219. The summed E-state index contributed by atoms with van der Waals surface area (Å²) < 4.78 is 5.10. The number of carbonyl (C=O) groups is 2. The van der Waals surface area contributed by atoms with E-state index in [-0.39, 0.29) is 18.4 Å². The van der Waals surface area contributed by atoms with Crippen LogP contribution in [0.4, 0.5) is 11.4 Å². The molecule has 0 radical (unpaired) electrons. The van der Waals surface area contributed by atoms with Crippen LogP contribution in [0.1, 0.15) is 11.1 Å². The highest BCUT2D eigenvalue weighted by atomic mass is 16.5. The maximum Gasteiger partial charge on any atom is 0.278 e. The number of piperazine rings is 1. The second-order valence-electron chi connectivity index (χ2n) is 8.33. The van der Waals surface area contributed by atoms with Gasteiger partial charge in [0.1, 0.15) is 5.70 Å². The summed E-state index contributed by atoms with van der Waals surface area (Å²) in [5.74, 6) is -0.627. The van der Waals surface area contributed by atoms with Crippen LogP contribution in [0.2, 0.25) is 0 Å². The molecule has 0 aromatic heterocycles. The van der Waals surface area contributed by atoms with E-state index in [9.17, 15) is 9.59 Å². The van der Waals surface area contributed by atoms with Crippen LogP contribution in [0.3, 0.4) is 0 Å². The van der Waals surface area contributed by atoms with Gasteiger partial charge in [-0.3, -0.25) is 14.5 Å². The van der Waals surface area contributed by atoms with E-state index in [4.69, 9.17) is 4.74 Å². The third kappa shape index (κ3) is 4.54. The highest BCUT2D eigenvalue weighted by Crippen LogP contribution is 2.31. The molecule has 2 aromatic carbocycles. The summed E-state index contributed by atoms with van der Waals surface area (Å²) in [7, 11) is 3.69. The number of imide groups is 1. The lowest BCUT2D eigenvalue weighted by molar-refractivity contribution is -0.137. The van der Waals surface area contributed by atoms with Gasteiger partial charge in [0.05, 0.1) is 18.7 Å². The summed E-state index contributed by atoms with van der Waals surface area (Å²) >= 11 is 0. The van der Waals surface area contributed by atoms with Crippen LogP contribution in [-0.2, 0) is 14.3 Å². The zero-order chi connectivity index (χ0) is 22.7. The average molecular weight is 435 g/mol. The topological polar surface area (TPSA) is 65.1 Å². The van der Waals surface area contributed by atoms with Crippen LogP contribution < -0.4 is 10.2 Å². The molecule has 2 aliphatic heterocycles. The molecule has 0 bridgehead atoms. The molecule has 0 saturated carbocycles. The fraction of sp³-hybridized carbons (Fsp3) is 0.360. The lowest BCUT2D eigenvalue weighted by atomic mass is 10.0. The Morgan fingerprint density at radius 1 is 0.906 bits per heavy atom. The molecule has 0 spiro atoms. The van der Waals surface area contributed by atoms with E-state index < -0.39 is 0 Å². The van der Waals surface area contributed by atoms with Crippen molar-refractivity contribution < 1.29 is 14.3 Å². The number of amides is 2. The van der Waals surface area contributed by atoms with Gasteiger partial charge >= 0.3 is 0 Å². The zero-order valence-electron chi connectivity index (χ0n) is 18.9. The maximum absolute atomic E-state index is 13.1. The summed E-state index contributed by atoms with van der Waals surface area (Å²) in [6.07, 6.45) is 0. The van der Waals surface area contributed by atoms with E-state index >= 15 is 0 Å². The Hall–Kier alpha value is -3.16. The van der Waals surface area contributed by atoms with Gasteiger partial charge in [0, 0.05) is 44.7 Å². The van der Waals surface area contributed by atoms with Crippen molar-refractivity contribution in [3.05, 3.63) is 65.4 Å². The van der Waals surface area contributed by atoms with Gasteiger partial charge in [-0.25, -0.2) is 0 Å². The van der Waals surface area contributed by atoms with Crippen molar-refractivity contribution in [2.75, 3.05) is 63.7 Å². The van der Waals surface area contributed by atoms with Gasteiger partial charge in [0.25, 0.3) is 11.8 Å². The fourth-order valence-electron chi connectivity index (χ4n) is 4.03. The van der Waals surface area contributed by atoms with Crippen LogP contribution in [-0.4, -0.2) is 75.1 Å². The molecule has 4 rings (SSSR count). The monoisotopic (exact) mass is 434 g/mol. The number of aryl methyl sites for hydroxylation is 1. The van der Waals surface area contributed by atoms with E-state index in [1.54, 1.807) is 7.11 Å². The molecular weight excluding hydrogens is 404 g/mol. The largest absolute Gasteiger partial charge is 0.383 e. The SMILES string of the molecule is COCCN1C(=O)C(Nc2ccc(N3CCN(C)CC3)cc2)=C(c2ccc(C)cc2)C1=O. The Labute approximate surface area is 189 Å². The maximum atomic E-state index is 13.1. The summed E-state index contributed by atoms with van der Waals surface area (Å²) in [6.45, 7) is 6.58. The van der Waals surface area contributed by atoms with Crippen molar-refractivity contribution in [2.45, 2.75) is 6.92 Å². The minimum Gasteiger partial charge on any atom is -0.383 e. The molecule has 0 unspecified atom stereocenters. The van der Waals surface area contributed by atoms with Crippen molar-refractivity contribution in [1.29, 1.82) is 0 Å². The first-order valence-corrected chi connectivity index (χ1v) is 10.9. The standard InChI is InChI=1S/C25H30N4O3/c1-18-4-6-19(7-5-18)22-23(25(31)29(24(22)30)16-17-32-3)26-20-8-10-21(11-9-20)28-14-12-27(2)13-15-28/h4-11,26H,12-17H2,1-3H3. The lowest BCUT2D eigenvalue weighted by Crippen LogP contribution is -2.44. The van der Waals surface area contributed by atoms with E-state index in [1.165, 1.54) is 4.90 Å².